The van der Waals surface area contributed by atoms with Crippen LogP contribution in [0.2, 0.25) is 0 Å². The van der Waals surface area contributed by atoms with Crippen molar-refractivity contribution in [3.05, 3.63) is 18.2 Å². The fourth-order valence-corrected chi connectivity index (χ4v) is 2.79. The molecular formula is C15H21F2NO2. The number of rotatable bonds is 6. The van der Waals surface area contributed by atoms with E-state index in [1.807, 2.05) is 6.07 Å². The number of benzene rings is 1. The molecule has 0 heterocycles. The van der Waals surface area contributed by atoms with Gasteiger partial charge in [-0.25, -0.2) is 0 Å². The van der Waals surface area contributed by atoms with E-state index in [9.17, 15) is 8.78 Å². The highest BCUT2D eigenvalue weighted by Gasteiger charge is 2.21. The van der Waals surface area contributed by atoms with E-state index in [0.717, 1.165) is 5.69 Å². The highest BCUT2D eigenvalue weighted by Crippen LogP contribution is 2.33. The molecule has 1 unspecified atom stereocenters. The maximum atomic E-state index is 12.4. The van der Waals surface area contributed by atoms with Gasteiger partial charge in [0.2, 0.25) is 0 Å². The van der Waals surface area contributed by atoms with Gasteiger partial charge in [0.15, 0.2) is 11.5 Å². The van der Waals surface area contributed by atoms with E-state index in [1.54, 1.807) is 12.1 Å². The quantitative estimate of drug-likeness (QED) is 0.846. The number of hydrogen-bond acceptors (Lipinski definition) is 3. The van der Waals surface area contributed by atoms with Crippen molar-refractivity contribution in [3.63, 3.8) is 0 Å². The number of hydrogen-bond donors (Lipinski definition) is 1. The molecular weight excluding hydrogens is 264 g/mol. The van der Waals surface area contributed by atoms with Crippen LogP contribution in [0.1, 0.15) is 32.6 Å². The molecule has 0 aliphatic heterocycles. The molecule has 112 valence electrons. The first-order valence-electron chi connectivity index (χ1n) is 6.99. The Morgan fingerprint density at radius 1 is 1.20 bits per heavy atom. The maximum Gasteiger partial charge on any atom is 0.387 e. The van der Waals surface area contributed by atoms with E-state index < -0.39 is 6.61 Å². The smallest absolute Gasteiger partial charge is 0.387 e. The van der Waals surface area contributed by atoms with Crippen LogP contribution < -0.4 is 14.8 Å². The lowest BCUT2D eigenvalue weighted by Gasteiger charge is -2.22. The average molecular weight is 285 g/mol. The normalized spacial score (nSPS) is 17.2. The molecule has 1 fully saturated rings. The number of anilines is 1. The van der Waals surface area contributed by atoms with Crippen LogP contribution in [0, 0.1) is 5.92 Å². The summed E-state index contributed by atoms with van der Waals surface area (Å²) >= 11 is 0. The molecule has 1 N–H and O–H groups in total. The second kappa shape index (κ2) is 6.77. The lowest BCUT2D eigenvalue weighted by atomic mass is 9.99. The molecule has 3 nitrogen and oxygen atoms in total. The number of methoxy groups -OCH3 is 1. The fourth-order valence-electron chi connectivity index (χ4n) is 2.79. The Morgan fingerprint density at radius 3 is 2.50 bits per heavy atom. The van der Waals surface area contributed by atoms with Crippen molar-refractivity contribution < 1.29 is 18.3 Å². The molecule has 1 aromatic carbocycles. The summed E-state index contributed by atoms with van der Waals surface area (Å²) in [5.74, 6) is 1.02. The van der Waals surface area contributed by atoms with E-state index in [4.69, 9.17) is 4.74 Å². The zero-order chi connectivity index (χ0) is 14.5. The molecule has 1 atom stereocenters. The molecule has 1 aliphatic rings. The first-order chi connectivity index (χ1) is 9.60. The standard InChI is InChI=1S/C15H21F2NO2/c1-10(11-5-3-4-6-11)18-12-7-8-13(19-2)14(9-12)20-15(16)17/h7-11,15,18H,3-6H2,1-2H3. The Morgan fingerprint density at radius 2 is 1.90 bits per heavy atom. The number of nitrogens with one attached hydrogen (secondary N) is 1. The summed E-state index contributed by atoms with van der Waals surface area (Å²) in [5.41, 5.74) is 0.779. The van der Waals surface area contributed by atoms with Gasteiger partial charge in [-0.15, -0.1) is 0 Å². The lowest BCUT2D eigenvalue weighted by molar-refractivity contribution is -0.0511. The SMILES string of the molecule is COc1ccc(NC(C)C2CCCC2)cc1OC(F)F. The van der Waals surface area contributed by atoms with Gasteiger partial charge in [0, 0.05) is 17.8 Å². The number of halogens is 2. The summed E-state index contributed by atoms with van der Waals surface area (Å²) in [4.78, 5) is 0. The molecule has 0 spiro atoms. The van der Waals surface area contributed by atoms with Crippen LogP contribution in [-0.4, -0.2) is 19.8 Å². The van der Waals surface area contributed by atoms with Crippen molar-refractivity contribution in [2.24, 2.45) is 5.92 Å². The van der Waals surface area contributed by atoms with Crippen LogP contribution in [-0.2, 0) is 0 Å². The van der Waals surface area contributed by atoms with Gasteiger partial charge in [-0.05, 0) is 37.8 Å². The van der Waals surface area contributed by atoms with E-state index in [1.165, 1.54) is 32.8 Å². The van der Waals surface area contributed by atoms with Crippen LogP contribution in [0.15, 0.2) is 18.2 Å². The lowest BCUT2D eigenvalue weighted by Crippen LogP contribution is -2.23. The van der Waals surface area contributed by atoms with E-state index in [0.29, 0.717) is 17.7 Å². The molecule has 20 heavy (non-hydrogen) atoms. The van der Waals surface area contributed by atoms with Gasteiger partial charge in [0.05, 0.1) is 7.11 Å². The van der Waals surface area contributed by atoms with Crippen LogP contribution in [0.5, 0.6) is 11.5 Å². The Kier molecular flexibility index (Phi) is 5.04. The molecule has 0 amide bonds. The zero-order valence-corrected chi connectivity index (χ0v) is 11.9. The van der Waals surface area contributed by atoms with Crippen LogP contribution >= 0.6 is 0 Å². The first-order valence-corrected chi connectivity index (χ1v) is 6.99. The summed E-state index contributed by atoms with van der Waals surface area (Å²) in [5, 5.41) is 3.37. The van der Waals surface area contributed by atoms with Gasteiger partial charge in [-0.2, -0.15) is 8.78 Å². The summed E-state index contributed by atoms with van der Waals surface area (Å²) in [7, 11) is 1.43. The summed E-state index contributed by atoms with van der Waals surface area (Å²) in [6, 6.07) is 5.35. The van der Waals surface area contributed by atoms with Gasteiger partial charge < -0.3 is 14.8 Å². The molecule has 1 saturated carbocycles. The van der Waals surface area contributed by atoms with Crippen molar-refractivity contribution in [1.29, 1.82) is 0 Å². The second-order valence-corrected chi connectivity index (χ2v) is 5.22. The van der Waals surface area contributed by atoms with E-state index in [2.05, 4.69) is 17.0 Å². The largest absolute Gasteiger partial charge is 0.493 e. The Balaban J connectivity index is 2.07. The Bertz CT molecular complexity index is 434. The zero-order valence-electron chi connectivity index (χ0n) is 11.9. The average Bonchev–Trinajstić information content (AvgIpc) is 2.92. The maximum absolute atomic E-state index is 12.4. The van der Waals surface area contributed by atoms with Crippen LogP contribution in [0.4, 0.5) is 14.5 Å². The molecule has 2 rings (SSSR count). The first kappa shape index (κ1) is 14.9. The minimum atomic E-state index is -2.86. The number of alkyl halides is 2. The molecule has 1 aromatic rings. The van der Waals surface area contributed by atoms with Gasteiger partial charge in [-0.1, -0.05) is 12.8 Å². The topological polar surface area (TPSA) is 30.5 Å². The van der Waals surface area contributed by atoms with Gasteiger partial charge >= 0.3 is 6.61 Å². The molecule has 0 saturated heterocycles. The van der Waals surface area contributed by atoms with Gasteiger partial charge in [0.25, 0.3) is 0 Å². The molecule has 0 aromatic heterocycles. The Hall–Kier alpha value is -1.52. The van der Waals surface area contributed by atoms with Gasteiger partial charge in [-0.3, -0.25) is 0 Å². The van der Waals surface area contributed by atoms with Crippen molar-refractivity contribution in [3.8, 4) is 11.5 Å². The second-order valence-electron chi connectivity index (χ2n) is 5.22. The minimum Gasteiger partial charge on any atom is -0.493 e. The third-order valence-corrected chi connectivity index (χ3v) is 3.88. The molecule has 0 bridgehead atoms. The van der Waals surface area contributed by atoms with E-state index in [-0.39, 0.29) is 5.75 Å². The van der Waals surface area contributed by atoms with Gasteiger partial charge in [0.1, 0.15) is 0 Å². The predicted molar refractivity (Wildman–Crippen MR) is 74.7 cm³/mol. The third-order valence-electron chi connectivity index (χ3n) is 3.88. The third kappa shape index (κ3) is 3.74. The number of ether oxygens (including phenoxy) is 2. The highest BCUT2D eigenvalue weighted by atomic mass is 19.3. The molecule has 5 heteroatoms. The van der Waals surface area contributed by atoms with E-state index >= 15 is 0 Å². The summed E-state index contributed by atoms with van der Waals surface area (Å²) < 4.78 is 34.3. The highest BCUT2D eigenvalue weighted by molar-refractivity contribution is 5.55. The minimum absolute atomic E-state index is 0.0612. The summed E-state index contributed by atoms with van der Waals surface area (Å²) in [6.45, 7) is -0.722. The van der Waals surface area contributed by atoms with Crippen LogP contribution in [0.25, 0.3) is 0 Å². The monoisotopic (exact) mass is 285 g/mol. The van der Waals surface area contributed by atoms with Crippen molar-refractivity contribution in [1.82, 2.24) is 0 Å². The fraction of sp³-hybridized carbons (Fsp3) is 0.600. The van der Waals surface area contributed by atoms with Crippen molar-refractivity contribution >= 4 is 5.69 Å². The molecule has 1 aliphatic carbocycles. The predicted octanol–water partition coefficient (Wildman–Crippen LogP) is 4.29. The van der Waals surface area contributed by atoms with Crippen molar-refractivity contribution in [2.45, 2.75) is 45.3 Å². The molecule has 0 radical (unpaired) electrons. The summed E-state index contributed by atoms with van der Waals surface area (Å²) in [6.07, 6.45) is 5.01. The van der Waals surface area contributed by atoms with Crippen LogP contribution in [0.3, 0.4) is 0 Å². The Labute approximate surface area is 118 Å². The van der Waals surface area contributed by atoms with Crippen molar-refractivity contribution in [2.75, 3.05) is 12.4 Å².